The van der Waals surface area contributed by atoms with Gasteiger partial charge in [-0.3, -0.25) is 0 Å². The van der Waals surface area contributed by atoms with Gasteiger partial charge in [-0.2, -0.15) is 0 Å². The summed E-state index contributed by atoms with van der Waals surface area (Å²) in [6.07, 6.45) is 6.53. The van der Waals surface area contributed by atoms with Crippen LogP contribution in [0.5, 0.6) is 0 Å². The predicted octanol–water partition coefficient (Wildman–Crippen LogP) is 22.3. The van der Waals surface area contributed by atoms with E-state index in [-0.39, 0.29) is 21.7 Å². The Balaban J connectivity index is 1.20. The predicted molar refractivity (Wildman–Crippen MR) is 330 cm³/mol. The van der Waals surface area contributed by atoms with Crippen LogP contribution in [0.25, 0.3) is 121 Å². The average molecular weight is 987 g/mol. The van der Waals surface area contributed by atoms with E-state index >= 15 is 0 Å². The standard InChI is InChI=1S/C76H74/c1-73(2,3)51-38-49(39-52(43-51)74(4,5)6)65-55-30-22-23-31-56(55)66(50-40-53(75(7,8)9)44-54(41-50)76(10,11)12)72-61-37-35-59-67-58(34-36-60(68(61)67)71(65)72)69-63(46-26-18-14-19-27-46)57-33-32-48(45-24-16-13-17-25-45)42-62(57)64(70(59)69)47-28-20-15-21-29-47/h14-15,18-23,26-45H,13,16-17,24-25H2,1-12H3. The summed E-state index contributed by atoms with van der Waals surface area (Å²) in [4.78, 5) is 0. The molecule has 0 radical (unpaired) electrons. The molecular formula is C76H74. The first-order chi connectivity index (χ1) is 36.3. The topological polar surface area (TPSA) is 0 Å². The minimum absolute atomic E-state index is 0.0450. The van der Waals surface area contributed by atoms with E-state index < -0.39 is 0 Å². The first-order valence-electron chi connectivity index (χ1n) is 28.5. The number of fused-ring (bicyclic) bond motifs is 8. The molecular weight excluding hydrogens is 913 g/mol. The molecule has 1 saturated carbocycles. The Labute approximate surface area is 453 Å². The lowest BCUT2D eigenvalue weighted by Crippen LogP contribution is -2.17. The number of hydrogen-bond acceptors (Lipinski definition) is 0. The molecule has 10 aromatic rings. The summed E-state index contributed by atoms with van der Waals surface area (Å²) in [6.45, 7) is 28.5. The molecule has 0 aliphatic heterocycles. The lowest BCUT2D eigenvalue weighted by atomic mass is 9.75. The summed E-state index contributed by atoms with van der Waals surface area (Å²) < 4.78 is 0. The highest BCUT2D eigenvalue weighted by Gasteiger charge is 2.38. The molecule has 0 saturated heterocycles. The molecule has 0 nitrogen and oxygen atoms in total. The molecule has 0 unspecified atom stereocenters. The van der Waals surface area contributed by atoms with Gasteiger partial charge in [0.05, 0.1) is 0 Å². The van der Waals surface area contributed by atoms with Crippen LogP contribution in [-0.2, 0) is 21.7 Å². The van der Waals surface area contributed by atoms with Gasteiger partial charge in [-0.05, 0) is 190 Å². The molecule has 0 spiro atoms. The lowest BCUT2D eigenvalue weighted by molar-refractivity contribution is 0.444. The van der Waals surface area contributed by atoms with E-state index in [1.807, 2.05) is 0 Å². The molecule has 3 aliphatic carbocycles. The van der Waals surface area contributed by atoms with Crippen molar-refractivity contribution in [1.29, 1.82) is 0 Å². The fourth-order valence-electron chi connectivity index (χ4n) is 13.7. The Kier molecular flexibility index (Phi) is 11.0. The van der Waals surface area contributed by atoms with Crippen LogP contribution in [0.2, 0.25) is 0 Å². The zero-order chi connectivity index (χ0) is 52.8. The second-order valence-corrected chi connectivity index (χ2v) is 27.1. The summed E-state index contributed by atoms with van der Waals surface area (Å²) >= 11 is 0. The van der Waals surface area contributed by atoms with Crippen molar-refractivity contribution in [3.63, 3.8) is 0 Å². The van der Waals surface area contributed by atoms with Gasteiger partial charge in [0.1, 0.15) is 0 Å². The minimum Gasteiger partial charge on any atom is -0.0622 e. The molecule has 3 aliphatic rings. The van der Waals surface area contributed by atoms with Crippen LogP contribution in [0.4, 0.5) is 0 Å². The monoisotopic (exact) mass is 987 g/mol. The number of hydrogen-bond donors (Lipinski definition) is 0. The van der Waals surface area contributed by atoms with Crippen molar-refractivity contribution in [3.8, 4) is 89.0 Å². The zero-order valence-corrected chi connectivity index (χ0v) is 47.2. The van der Waals surface area contributed by atoms with Crippen LogP contribution in [-0.4, -0.2) is 0 Å². The molecule has 0 heterocycles. The highest BCUT2D eigenvalue weighted by molar-refractivity contribution is 6.35. The molecule has 378 valence electrons. The minimum atomic E-state index is -0.0450. The largest absolute Gasteiger partial charge is 0.0622 e. The molecule has 1 fully saturated rings. The van der Waals surface area contributed by atoms with E-state index in [0.29, 0.717) is 5.92 Å². The maximum Gasteiger partial charge on any atom is -0.000740 e. The van der Waals surface area contributed by atoms with Gasteiger partial charge < -0.3 is 0 Å². The fraction of sp³-hybridized carbons (Fsp3) is 0.289. The summed E-state index contributed by atoms with van der Waals surface area (Å²) in [7, 11) is 0. The maximum atomic E-state index is 2.62. The molecule has 0 aromatic heterocycles. The van der Waals surface area contributed by atoms with E-state index in [1.165, 1.54) is 181 Å². The van der Waals surface area contributed by atoms with E-state index in [2.05, 4.69) is 247 Å². The summed E-state index contributed by atoms with van der Waals surface area (Å²) in [6, 6.07) is 64.9. The summed E-state index contributed by atoms with van der Waals surface area (Å²) in [5, 5.41) is 8.09. The van der Waals surface area contributed by atoms with Crippen molar-refractivity contribution in [3.05, 3.63) is 192 Å². The van der Waals surface area contributed by atoms with Gasteiger partial charge in [0, 0.05) is 0 Å². The second-order valence-electron chi connectivity index (χ2n) is 27.1. The van der Waals surface area contributed by atoms with Crippen molar-refractivity contribution in [1.82, 2.24) is 0 Å². The Bertz CT molecular complexity index is 3820. The molecule has 76 heavy (non-hydrogen) atoms. The van der Waals surface area contributed by atoms with Crippen LogP contribution in [0.1, 0.15) is 149 Å². The van der Waals surface area contributed by atoms with Crippen LogP contribution < -0.4 is 0 Å². The average Bonchev–Trinajstić information content (AvgIpc) is 3.89. The van der Waals surface area contributed by atoms with E-state index in [0.717, 1.165) is 0 Å². The fourth-order valence-corrected chi connectivity index (χ4v) is 13.7. The van der Waals surface area contributed by atoms with Crippen molar-refractivity contribution in [2.75, 3.05) is 0 Å². The molecule has 0 amide bonds. The lowest BCUT2D eigenvalue weighted by Gasteiger charge is -2.29. The van der Waals surface area contributed by atoms with Crippen LogP contribution in [0.15, 0.2) is 164 Å². The molecule has 10 aromatic carbocycles. The third kappa shape index (κ3) is 7.67. The van der Waals surface area contributed by atoms with Gasteiger partial charge in [0.2, 0.25) is 0 Å². The second kappa shape index (κ2) is 17.2. The van der Waals surface area contributed by atoms with Gasteiger partial charge >= 0.3 is 0 Å². The van der Waals surface area contributed by atoms with Crippen LogP contribution >= 0.6 is 0 Å². The first kappa shape index (κ1) is 48.6. The first-order valence-corrected chi connectivity index (χ1v) is 28.5. The van der Waals surface area contributed by atoms with Gasteiger partial charge in [-0.15, -0.1) is 0 Å². The summed E-state index contributed by atoms with van der Waals surface area (Å²) in [5.74, 6) is 0.597. The van der Waals surface area contributed by atoms with Crippen molar-refractivity contribution < 1.29 is 0 Å². The Morgan fingerprint density at radius 1 is 0.276 bits per heavy atom. The van der Waals surface area contributed by atoms with Crippen molar-refractivity contribution in [2.24, 2.45) is 0 Å². The van der Waals surface area contributed by atoms with E-state index in [1.54, 1.807) is 0 Å². The molecule has 0 heteroatoms. The quantitative estimate of drug-likeness (QED) is 0.161. The van der Waals surface area contributed by atoms with Gasteiger partial charge in [-0.25, -0.2) is 0 Å². The third-order valence-corrected chi connectivity index (χ3v) is 17.9. The number of rotatable bonds is 5. The highest BCUT2D eigenvalue weighted by Crippen LogP contribution is 2.65. The molecule has 13 rings (SSSR count). The zero-order valence-electron chi connectivity index (χ0n) is 47.2. The molecule has 0 N–H and O–H groups in total. The normalized spacial score (nSPS) is 14.5. The smallest absolute Gasteiger partial charge is 0.000740 e. The number of benzene rings is 10. The van der Waals surface area contributed by atoms with Gasteiger partial charge in [-0.1, -0.05) is 266 Å². The van der Waals surface area contributed by atoms with Crippen molar-refractivity contribution in [2.45, 2.75) is 143 Å². The van der Waals surface area contributed by atoms with Crippen LogP contribution in [0, 0.1) is 0 Å². The van der Waals surface area contributed by atoms with E-state index in [9.17, 15) is 0 Å². The van der Waals surface area contributed by atoms with Crippen molar-refractivity contribution >= 4 is 32.3 Å². The maximum absolute atomic E-state index is 2.62. The third-order valence-electron chi connectivity index (χ3n) is 17.9. The Hall–Kier alpha value is -7.02. The highest BCUT2D eigenvalue weighted by atomic mass is 14.4. The molecule has 0 atom stereocenters. The van der Waals surface area contributed by atoms with Crippen LogP contribution in [0.3, 0.4) is 0 Å². The molecule has 0 bridgehead atoms. The Morgan fingerprint density at radius 2 is 0.605 bits per heavy atom. The summed E-state index contributed by atoms with van der Waals surface area (Å²) in [5.41, 5.74) is 28.2. The van der Waals surface area contributed by atoms with Gasteiger partial charge in [0.25, 0.3) is 0 Å². The van der Waals surface area contributed by atoms with E-state index in [4.69, 9.17) is 0 Å². The SMILES string of the molecule is CC(C)(C)c1cc(-c2c3c(c(-c4cc(C(C)(C)C)cc(C(C)(C)C)c4)c4ccccc24)-c2ccc4c5c(ccc-3c25)-c2c-4c(-c3ccccc3)c3cc(C4CCCCC4)ccc3c2-c2ccccc2)cc(C(C)(C)C)c1. The Morgan fingerprint density at radius 3 is 0.974 bits per heavy atom. The van der Waals surface area contributed by atoms with Gasteiger partial charge in [0.15, 0.2) is 0 Å².